The van der Waals surface area contributed by atoms with Gasteiger partial charge < -0.3 is 25.0 Å². The van der Waals surface area contributed by atoms with E-state index in [1.807, 2.05) is 61.1 Å². The number of hydrogen-bond acceptors (Lipinski definition) is 8. The number of pyridine rings is 1. The van der Waals surface area contributed by atoms with E-state index < -0.39 is 0 Å². The lowest BCUT2D eigenvalue weighted by Gasteiger charge is -2.41. The molecule has 2 N–H and O–H groups in total. The van der Waals surface area contributed by atoms with Crippen LogP contribution < -0.4 is 15.5 Å². The lowest BCUT2D eigenvalue weighted by atomic mass is 9.99. The molecule has 0 spiro atoms. The standard InChI is InChI=1S/C27H29N7O3/c1-27(2,36-3)22-16-33(10-11-37-22)17-4-7-23(29-12-17)32-20-6-5-18(19-13-31-26(35)25(19)20)21-14-30-24-15-28-8-9-34(21)24/h4-9,12,14-15,22H,10-11,13,16H2,1-3H3,(H,29,32)(H,31,35)/t22-/m0/s1. The first-order valence-electron chi connectivity index (χ1n) is 12.3. The number of rotatable bonds is 6. The molecule has 6 rings (SSSR count). The molecule has 2 aliphatic heterocycles. The SMILES string of the molecule is COC(C)(C)[C@@H]1CN(c2ccc(Nc3ccc(-c4cnc5cnccn45)c4c3C(=O)NC4)nc2)CCO1. The molecule has 4 aromatic rings. The first-order chi connectivity index (χ1) is 17.9. The van der Waals surface area contributed by atoms with Crippen LogP contribution in [0.1, 0.15) is 29.8 Å². The van der Waals surface area contributed by atoms with Crippen molar-refractivity contribution < 1.29 is 14.3 Å². The average Bonchev–Trinajstić information content (AvgIpc) is 3.54. The molecule has 0 aliphatic carbocycles. The van der Waals surface area contributed by atoms with Gasteiger partial charge >= 0.3 is 0 Å². The van der Waals surface area contributed by atoms with E-state index in [0.717, 1.165) is 46.9 Å². The Labute approximate surface area is 214 Å². The monoisotopic (exact) mass is 499 g/mol. The maximum Gasteiger partial charge on any atom is 0.254 e. The second kappa shape index (κ2) is 9.13. The van der Waals surface area contributed by atoms with Crippen molar-refractivity contribution in [2.75, 3.05) is 37.0 Å². The van der Waals surface area contributed by atoms with Crippen LogP contribution in [0.2, 0.25) is 0 Å². The predicted molar refractivity (Wildman–Crippen MR) is 140 cm³/mol. The van der Waals surface area contributed by atoms with Crippen LogP contribution in [0.5, 0.6) is 0 Å². The van der Waals surface area contributed by atoms with Gasteiger partial charge in [-0.2, -0.15) is 0 Å². The van der Waals surface area contributed by atoms with Gasteiger partial charge in [-0.15, -0.1) is 0 Å². The number of carbonyl (C=O) groups excluding carboxylic acids is 1. The molecule has 2 aliphatic rings. The molecule has 1 atom stereocenters. The number of morpholine rings is 1. The van der Waals surface area contributed by atoms with Crippen molar-refractivity contribution in [3.05, 3.63) is 66.4 Å². The van der Waals surface area contributed by atoms with Gasteiger partial charge in [0.1, 0.15) is 11.9 Å². The number of fused-ring (bicyclic) bond motifs is 2. The normalized spacial score (nSPS) is 17.6. The molecular weight excluding hydrogens is 470 g/mol. The third kappa shape index (κ3) is 4.17. The van der Waals surface area contributed by atoms with Gasteiger partial charge in [0.25, 0.3) is 5.91 Å². The highest BCUT2D eigenvalue weighted by molar-refractivity contribution is 6.06. The van der Waals surface area contributed by atoms with Crippen LogP contribution in [0.25, 0.3) is 16.9 Å². The molecule has 0 bridgehead atoms. The van der Waals surface area contributed by atoms with Crippen LogP contribution in [0.4, 0.5) is 17.2 Å². The summed E-state index contributed by atoms with van der Waals surface area (Å²) in [4.78, 5) is 28.3. The fraction of sp³-hybridized carbons (Fsp3) is 0.333. The molecular formula is C27H29N7O3. The summed E-state index contributed by atoms with van der Waals surface area (Å²) in [5, 5.41) is 6.31. The summed E-state index contributed by atoms with van der Waals surface area (Å²) in [6.45, 7) is 6.69. The lowest BCUT2D eigenvalue weighted by Crippen LogP contribution is -2.52. The van der Waals surface area contributed by atoms with E-state index in [9.17, 15) is 4.79 Å². The highest BCUT2D eigenvalue weighted by atomic mass is 16.5. The number of benzene rings is 1. The Morgan fingerprint density at radius 2 is 2.05 bits per heavy atom. The van der Waals surface area contributed by atoms with E-state index in [0.29, 0.717) is 24.5 Å². The zero-order chi connectivity index (χ0) is 25.6. The quantitative estimate of drug-likeness (QED) is 0.416. The molecule has 37 heavy (non-hydrogen) atoms. The van der Waals surface area contributed by atoms with E-state index in [1.165, 1.54) is 0 Å². The van der Waals surface area contributed by atoms with E-state index >= 15 is 0 Å². The lowest BCUT2D eigenvalue weighted by molar-refractivity contribution is -0.113. The molecule has 0 radical (unpaired) electrons. The number of aromatic nitrogens is 4. The largest absolute Gasteiger partial charge is 0.376 e. The Kier molecular flexibility index (Phi) is 5.77. The Bertz CT molecular complexity index is 1460. The van der Waals surface area contributed by atoms with Gasteiger partial charge in [-0.3, -0.25) is 14.2 Å². The molecule has 1 fully saturated rings. The van der Waals surface area contributed by atoms with Crippen molar-refractivity contribution in [3.63, 3.8) is 0 Å². The number of methoxy groups -OCH3 is 1. The van der Waals surface area contributed by atoms with Gasteiger partial charge in [-0.25, -0.2) is 9.97 Å². The molecule has 0 saturated carbocycles. The van der Waals surface area contributed by atoms with Crippen molar-refractivity contribution in [1.29, 1.82) is 0 Å². The Morgan fingerprint density at radius 1 is 1.16 bits per heavy atom. The van der Waals surface area contributed by atoms with Crippen molar-refractivity contribution in [3.8, 4) is 11.3 Å². The zero-order valence-corrected chi connectivity index (χ0v) is 21.1. The topological polar surface area (TPSA) is 106 Å². The maximum atomic E-state index is 12.8. The molecule has 190 valence electrons. The maximum absolute atomic E-state index is 12.8. The Morgan fingerprint density at radius 3 is 2.86 bits per heavy atom. The molecule has 0 unspecified atom stereocenters. The van der Waals surface area contributed by atoms with Crippen molar-refractivity contribution in [2.24, 2.45) is 0 Å². The van der Waals surface area contributed by atoms with E-state index in [1.54, 1.807) is 19.5 Å². The number of nitrogens with one attached hydrogen (secondary N) is 2. The Hall–Kier alpha value is -4.02. The number of hydrogen-bond donors (Lipinski definition) is 2. The highest BCUT2D eigenvalue weighted by Crippen LogP contribution is 2.35. The third-order valence-electron chi connectivity index (χ3n) is 7.30. The second-order valence-electron chi connectivity index (χ2n) is 9.78. The molecule has 3 aromatic heterocycles. The minimum absolute atomic E-state index is 0.0344. The van der Waals surface area contributed by atoms with E-state index in [2.05, 4.69) is 30.5 Å². The first-order valence-corrected chi connectivity index (χ1v) is 12.3. The molecule has 1 aromatic carbocycles. The van der Waals surface area contributed by atoms with Crippen molar-refractivity contribution in [2.45, 2.75) is 32.1 Å². The number of nitrogens with zero attached hydrogens (tertiary/aromatic N) is 5. The molecule has 10 nitrogen and oxygen atoms in total. The number of ether oxygens (including phenoxy) is 2. The summed E-state index contributed by atoms with van der Waals surface area (Å²) in [6.07, 6.45) is 8.95. The van der Waals surface area contributed by atoms with Crippen LogP contribution >= 0.6 is 0 Å². The van der Waals surface area contributed by atoms with Gasteiger partial charge in [0.15, 0.2) is 5.65 Å². The van der Waals surface area contributed by atoms with Crippen LogP contribution in [0.15, 0.2) is 55.2 Å². The van der Waals surface area contributed by atoms with Crippen molar-refractivity contribution >= 4 is 28.7 Å². The smallest absolute Gasteiger partial charge is 0.254 e. The summed E-state index contributed by atoms with van der Waals surface area (Å²) in [7, 11) is 1.71. The van der Waals surface area contributed by atoms with Gasteiger partial charge in [-0.05, 0) is 37.6 Å². The molecule has 1 amide bonds. The third-order valence-corrected chi connectivity index (χ3v) is 7.30. The fourth-order valence-corrected chi connectivity index (χ4v) is 4.95. The number of carbonyl (C=O) groups is 1. The minimum Gasteiger partial charge on any atom is -0.376 e. The van der Waals surface area contributed by atoms with E-state index in [-0.39, 0.29) is 17.6 Å². The van der Waals surface area contributed by atoms with Gasteiger partial charge in [-0.1, -0.05) is 6.07 Å². The summed E-state index contributed by atoms with van der Waals surface area (Å²) < 4.78 is 13.6. The second-order valence-corrected chi connectivity index (χ2v) is 9.78. The van der Waals surface area contributed by atoms with Crippen LogP contribution in [0, 0.1) is 0 Å². The van der Waals surface area contributed by atoms with Gasteiger partial charge in [0, 0.05) is 44.7 Å². The number of imidazole rings is 1. The van der Waals surface area contributed by atoms with E-state index in [4.69, 9.17) is 9.47 Å². The highest BCUT2D eigenvalue weighted by Gasteiger charge is 2.34. The summed E-state index contributed by atoms with van der Waals surface area (Å²) in [6, 6.07) is 7.92. The van der Waals surface area contributed by atoms with Gasteiger partial charge in [0.2, 0.25) is 0 Å². The number of anilines is 3. The van der Waals surface area contributed by atoms with Crippen LogP contribution in [-0.4, -0.2) is 63.8 Å². The van der Waals surface area contributed by atoms with Crippen LogP contribution in [0.3, 0.4) is 0 Å². The summed E-state index contributed by atoms with van der Waals surface area (Å²) >= 11 is 0. The molecule has 1 saturated heterocycles. The van der Waals surface area contributed by atoms with Crippen LogP contribution in [-0.2, 0) is 16.0 Å². The first kappa shape index (κ1) is 23.4. The number of amides is 1. The predicted octanol–water partition coefficient (Wildman–Crippen LogP) is 3.41. The zero-order valence-electron chi connectivity index (χ0n) is 21.1. The van der Waals surface area contributed by atoms with Crippen molar-refractivity contribution in [1.82, 2.24) is 24.7 Å². The summed E-state index contributed by atoms with van der Waals surface area (Å²) in [5.74, 6) is 0.563. The minimum atomic E-state index is -0.374. The Balaban J connectivity index is 1.25. The molecule has 5 heterocycles. The summed E-state index contributed by atoms with van der Waals surface area (Å²) in [5.41, 5.74) is 5.56. The van der Waals surface area contributed by atoms with Gasteiger partial charge in [0.05, 0.1) is 53.4 Å². The fourth-order valence-electron chi connectivity index (χ4n) is 4.95. The average molecular weight is 500 g/mol. The molecule has 10 heteroatoms.